The van der Waals surface area contributed by atoms with Crippen LogP contribution in [0.4, 0.5) is 0 Å². The molecule has 0 N–H and O–H groups in total. The minimum Gasteiger partial charge on any atom is -0.462 e. The number of hydrogen-bond acceptors (Lipinski definition) is 2. The summed E-state index contributed by atoms with van der Waals surface area (Å²) in [6.07, 6.45) is 2.40. The molecule has 2 heteroatoms. The predicted octanol–water partition coefficient (Wildman–Crippen LogP) is 2.24. The first kappa shape index (κ1) is 9.25. The van der Waals surface area contributed by atoms with Crippen molar-refractivity contribution < 1.29 is 9.53 Å². The molecule has 1 aliphatic heterocycles. The van der Waals surface area contributed by atoms with Crippen molar-refractivity contribution in [3.8, 4) is 0 Å². The van der Waals surface area contributed by atoms with E-state index in [-0.39, 0.29) is 12.1 Å². The van der Waals surface area contributed by atoms with Crippen molar-refractivity contribution in [2.75, 3.05) is 0 Å². The van der Waals surface area contributed by atoms with Crippen LogP contribution in [-0.2, 0) is 16.0 Å². The smallest absolute Gasteiger partial charge is 0.306 e. The van der Waals surface area contributed by atoms with E-state index in [0.29, 0.717) is 6.42 Å². The van der Waals surface area contributed by atoms with Crippen LogP contribution in [0.15, 0.2) is 24.3 Å². The molecule has 1 aliphatic rings. The van der Waals surface area contributed by atoms with Gasteiger partial charge in [0.1, 0.15) is 6.10 Å². The maximum Gasteiger partial charge on any atom is 0.306 e. The van der Waals surface area contributed by atoms with Crippen LogP contribution in [0.5, 0.6) is 0 Å². The Balaban J connectivity index is 1.97. The second-order valence-corrected chi connectivity index (χ2v) is 3.84. The van der Waals surface area contributed by atoms with Gasteiger partial charge < -0.3 is 4.74 Å². The van der Waals surface area contributed by atoms with Crippen molar-refractivity contribution in [2.45, 2.75) is 32.3 Å². The largest absolute Gasteiger partial charge is 0.462 e. The average molecular weight is 190 g/mol. The number of carbonyl (C=O) groups is 1. The highest BCUT2D eigenvalue weighted by Gasteiger charge is 2.22. The molecular formula is C12H14O2. The van der Waals surface area contributed by atoms with Gasteiger partial charge in [0, 0.05) is 12.8 Å². The maximum atomic E-state index is 10.9. The van der Waals surface area contributed by atoms with Crippen molar-refractivity contribution in [1.29, 1.82) is 0 Å². The second-order valence-electron chi connectivity index (χ2n) is 3.84. The Morgan fingerprint density at radius 3 is 2.64 bits per heavy atom. The molecule has 1 aromatic carbocycles. The second kappa shape index (κ2) is 3.82. The Morgan fingerprint density at radius 1 is 1.36 bits per heavy atom. The molecule has 2 nitrogen and oxygen atoms in total. The van der Waals surface area contributed by atoms with Crippen molar-refractivity contribution >= 4 is 5.97 Å². The van der Waals surface area contributed by atoms with Crippen LogP contribution < -0.4 is 0 Å². The summed E-state index contributed by atoms with van der Waals surface area (Å²) in [6.45, 7) is 2.07. The average Bonchev–Trinajstić information content (AvgIpc) is 2.56. The Bertz CT molecular complexity index is 327. The molecular weight excluding hydrogens is 176 g/mol. The summed E-state index contributed by atoms with van der Waals surface area (Å²) in [7, 11) is 0. The zero-order valence-electron chi connectivity index (χ0n) is 8.32. The van der Waals surface area contributed by atoms with Crippen LogP contribution in [0.25, 0.3) is 0 Å². The number of carbonyl (C=O) groups excluding carboxylic acids is 1. The van der Waals surface area contributed by atoms with Gasteiger partial charge in [-0.3, -0.25) is 4.79 Å². The van der Waals surface area contributed by atoms with Crippen molar-refractivity contribution in [1.82, 2.24) is 0 Å². The van der Waals surface area contributed by atoms with E-state index in [1.54, 1.807) is 0 Å². The predicted molar refractivity (Wildman–Crippen MR) is 54.0 cm³/mol. The van der Waals surface area contributed by atoms with Gasteiger partial charge in [0.15, 0.2) is 0 Å². The fourth-order valence-corrected chi connectivity index (χ4v) is 1.71. The Hall–Kier alpha value is -1.31. The standard InChI is InChI=1S/C12H14O2/c1-9-2-4-10(5-3-9)8-11-6-7-12(13)14-11/h2-5,11H,6-8H2,1H3. The highest BCUT2D eigenvalue weighted by Crippen LogP contribution is 2.18. The Morgan fingerprint density at radius 2 is 2.07 bits per heavy atom. The third-order valence-corrected chi connectivity index (χ3v) is 2.55. The van der Waals surface area contributed by atoms with E-state index in [0.717, 1.165) is 12.8 Å². The van der Waals surface area contributed by atoms with Gasteiger partial charge in [0.05, 0.1) is 0 Å². The van der Waals surface area contributed by atoms with Gasteiger partial charge in [0.25, 0.3) is 0 Å². The Kier molecular flexibility index (Phi) is 2.53. The van der Waals surface area contributed by atoms with Crippen LogP contribution >= 0.6 is 0 Å². The van der Waals surface area contributed by atoms with Gasteiger partial charge in [-0.1, -0.05) is 29.8 Å². The van der Waals surface area contributed by atoms with Gasteiger partial charge in [-0.25, -0.2) is 0 Å². The van der Waals surface area contributed by atoms with Crippen molar-refractivity contribution in [3.05, 3.63) is 35.4 Å². The summed E-state index contributed by atoms with van der Waals surface area (Å²) >= 11 is 0. The van der Waals surface area contributed by atoms with Crippen LogP contribution in [0.1, 0.15) is 24.0 Å². The summed E-state index contributed by atoms with van der Waals surface area (Å²) < 4.78 is 5.16. The number of hydrogen-bond donors (Lipinski definition) is 0. The molecule has 1 heterocycles. The quantitative estimate of drug-likeness (QED) is 0.668. The van der Waals surface area contributed by atoms with Crippen LogP contribution in [0, 0.1) is 6.92 Å². The molecule has 0 aromatic heterocycles. The molecule has 0 amide bonds. The molecule has 1 unspecified atom stereocenters. The van der Waals surface area contributed by atoms with Gasteiger partial charge >= 0.3 is 5.97 Å². The van der Waals surface area contributed by atoms with E-state index in [1.165, 1.54) is 11.1 Å². The highest BCUT2D eigenvalue weighted by molar-refractivity contribution is 5.71. The molecule has 1 fully saturated rings. The molecule has 0 bridgehead atoms. The lowest BCUT2D eigenvalue weighted by Crippen LogP contribution is -2.10. The molecule has 0 aliphatic carbocycles. The first-order valence-corrected chi connectivity index (χ1v) is 4.99. The molecule has 74 valence electrons. The van der Waals surface area contributed by atoms with Crippen LogP contribution in [0.2, 0.25) is 0 Å². The normalized spacial score (nSPS) is 20.9. The Labute approximate surface area is 83.9 Å². The minimum absolute atomic E-state index is 0.0536. The molecule has 1 saturated heterocycles. The van der Waals surface area contributed by atoms with E-state index >= 15 is 0 Å². The third-order valence-electron chi connectivity index (χ3n) is 2.55. The fourth-order valence-electron chi connectivity index (χ4n) is 1.71. The van der Waals surface area contributed by atoms with Gasteiger partial charge in [-0.05, 0) is 18.9 Å². The minimum atomic E-state index is -0.0536. The summed E-state index contributed by atoms with van der Waals surface area (Å²) in [5, 5.41) is 0. The zero-order valence-corrected chi connectivity index (χ0v) is 8.32. The monoisotopic (exact) mass is 190 g/mol. The molecule has 1 atom stereocenters. The molecule has 0 radical (unpaired) electrons. The lowest BCUT2D eigenvalue weighted by atomic mass is 10.0. The summed E-state index contributed by atoms with van der Waals surface area (Å²) in [5.41, 5.74) is 2.51. The number of benzene rings is 1. The molecule has 2 rings (SSSR count). The molecule has 0 spiro atoms. The highest BCUT2D eigenvalue weighted by atomic mass is 16.5. The topological polar surface area (TPSA) is 26.3 Å². The molecule has 0 saturated carbocycles. The van der Waals surface area contributed by atoms with E-state index in [1.807, 2.05) is 0 Å². The molecule has 1 aromatic rings. The summed E-state index contributed by atoms with van der Waals surface area (Å²) in [4.78, 5) is 10.9. The first-order valence-electron chi connectivity index (χ1n) is 4.99. The third kappa shape index (κ3) is 2.13. The number of cyclic esters (lactones) is 1. The number of ether oxygens (including phenoxy) is 1. The van der Waals surface area contributed by atoms with Crippen LogP contribution in [-0.4, -0.2) is 12.1 Å². The number of esters is 1. The lowest BCUT2D eigenvalue weighted by molar-refractivity contribution is -0.141. The van der Waals surface area contributed by atoms with Crippen molar-refractivity contribution in [2.24, 2.45) is 0 Å². The van der Waals surface area contributed by atoms with Gasteiger partial charge in [-0.15, -0.1) is 0 Å². The zero-order chi connectivity index (χ0) is 9.97. The SMILES string of the molecule is Cc1ccc(CC2CCC(=O)O2)cc1. The molecule has 14 heavy (non-hydrogen) atoms. The fraction of sp³-hybridized carbons (Fsp3) is 0.417. The maximum absolute atomic E-state index is 10.9. The van der Waals surface area contributed by atoms with E-state index < -0.39 is 0 Å². The van der Waals surface area contributed by atoms with E-state index in [4.69, 9.17) is 4.74 Å². The number of aryl methyl sites for hydroxylation is 1. The van der Waals surface area contributed by atoms with E-state index in [2.05, 4.69) is 31.2 Å². The van der Waals surface area contributed by atoms with E-state index in [9.17, 15) is 4.79 Å². The van der Waals surface area contributed by atoms with Gasteiger partial charge in [-0.2, -0.15) is 0 Å². The first-order chi connectivity index (χ1) is 6.74. The van der Waals surface area contributed by atoms with Crippen molar-refractivity contribution in [3.63, 3.8) is 0 Å². The number of rotatable bonds is 2. The lowest BCUT2D eigenvalue weighted by Gasteiger charge is -2.08. The van der Waals surface area contributed by atoms with Gasteiger partial charge in [0.2, 0.25) is 0 Å². The van der Waals surface area contributed by atoms with Crippen LogP contribution in [0.3, 0.4) is 0 Å². The summed E-state index contributed by atoms with van der Waals surface area (Å²) in [5.74, 6) is -0.0536. The summed E-state index contributed by atoms with van der Waals surface area (Å²) in [6, 6.07) is 8.38.